The molecule has 1 radical (unpaired) electrons. The zero-order valence-electron chi connectivity index (χ0n) is 6.02. The summed E-state index contributed by atoms with van der Waals surface area (Å²) in [4.78, 5) is 9.64. The van der Waals surface area contributed by atoms with Crippen LogP contribution < -0.4 is 0 Å². The minimum Gasteiger partial charge on any atom is -0.381 e. The number of rotatable bonds is 5. The van der Waals surface area contributed by atoms with Crippen molar-refractivity contribution in [2.75, 3.05) is 13.2 Å². The van der Waals surface area contributed by atoms with Gasteiger partial charge in [0.15, 0.2) is 0 Å². The maximum atomic E-state index is 9.64. The Morgan fingerprint density at radius 2 is 2.22 bits per heavy atom. The van der Waals surface area contributed by atoms with Crippen LogP contribution in [0.2, 0.25) is 0 Å². The normalized spacial score (nSPS) is 10.1. The quantitative estimate of drug-likeness (QED) is 0.521. The summed E-state index contributed by atoms with van der Waals surface area (Å²) in [6.07, 6.45) is 2.16. The van der Waals surface area contributed by atoms with Crippen molar-refractivity contribution >= 4 is 6.29 Å². The molecule has 0 aromatic carbocycles. The van der Waals surface area contributed by atoms with E-state index >= 15 is 0 Å². The third-order valence-corrected chi connectivity index (χ3v) is 0.800. The third-order valence-electron chi connectivity index (χ3n) is 0.800. The zero-order chi connectivity index (χ0) is 7.11. The van der Waals surface area contributed by atoms with E-state index in [2.05, 4.69) is 13.8 Å². The molecule has 2 nitrogen and oxygen atoms in total. The Morgan fingerprint density at radius 3 is 2.67 bits per heavy atom. The highest BCUT2D eigenvalue weighted by atomic mass is 16.5. The highest BCUT2D eigenvalue weighted by molar-refractivity contribution is 5.50. The molecule has 0 bridgehead atoms. The molecule has 0 heterocycles. The maximum Gasteiger partial charge on any atom is 0.200 e. The molecule has 0 N–H and O–H groups in total. The molecule has 0 aliphatic heterocycles. The molecule has 0 aromatic rings. The van der Waals surface area contributed by atoms with E-state index in [0.29, 0.717) is 18.9 Å². The van der Waals surface area contributed by atoms with Gasteiger partial charge in [0.2, 0.25) is 6.29 Å². The molecular weight excluding hydrogens is 116 g/mol. The zero-order valence-corrected chi connectivity index (χ0v) is 6.02. The van der Waals surface area contributed by atoms with E-state index in [1.54, 1.807) is 6.29 Å². The predicted octanol–water partition coefficient (Wildman–Crippen LogP) is 1.16. The van der Waals surface area contributed by atoms with Gasteiger partial charge >= 0.3 is 0 Å². The van der Waals surface area contributed by atoms with Crippen LogP contribution in [0.25, 0.3) is 0 Å². The molecule has 0 atom stereocenters. The van der Waals surface area contributed by atoms with Gasteiger partial charge in [0.25, 0.3) is 0 Å². The molecular formula is C7H13O2. The fraction of sp³-hybridized carbons (Fsp3) is 0.857. The summed E-state index contributed by atoms with van der Waals surface area (Å²) in [5, 5.41) is 0. The van der Waals surface area contributed by atoms with E-state index in [1.807, 2.05) is 0 Å². The molecule has 53 valence electrons. The maximum absolute atomic E-state index is 9.64. The van der Waals surface area contributed by atoms with Crippen LogP contribution in [0.5, 0.6) is 0 Å². The van der Waals surface area contributed by atoms with Crippen molar-refractivity contribution in [3.8, 4) is 0 Å². The average molecular weight is 129 g/mol. The molecule has 9 heavy (non-hydrogen) atoms. The molecule has 0 amide bonds. The van der Waals surface area contributed by atoms with Crippen molar-refractivity contribution in [3.05, 3.63) is 0 Å². The monoisotopic (exact) mass is 129 g/mol. The Balaban J connectivity index is 2.82. The summed E-state index contributed by atoms with van der Waals surface area (Å²) in [5.41, 5.74) is 0. The molecule has 0 saturated heterocycles. The fourth-order valence-electron chi connectivity index (χ4n) is 0.433. The Bertz CT molecular complexity index is 69.3. The van der Waals surface area contributed by atoms with E-state index < -0.39 is 0 Å². The van der Waals surface area contributed by atoms with Crippen LogP contribution >= 0.6 is 0 Å². The van der Waals surface area contributed by atoms with E-state index in [-0.39, 0.29) is 0 Å². The summed E-state index contributed by atoms with van der Waals surface area (Å²) in [6, 6.07) is 0. The van der Waals surface area contributed by atoms with Crippen molar-refractivity contribution in [3.63, 3.8) is 0 Å². The second-order valence-electron chi connectivity index (χ2n) is 2.36. The third kappa shape index (κ3) is 7.63. The molecule has 0 aliphatic rings. The standard InChI is InChI=1S/C7H13O2/c1-7(2)6-9-5-3-4-8/h7H,3,5-6H2,1-2H3. The Hall–Kier alpha value is -0.370. The lowest BCUT2D eigenvalue weighted by Gasteiger charge is -2.02. The van der Waals surface area contributed by atoms with Gasteiger partial charge in [-0.2, -0.15) is 0 Å². The summed E-state index contributed by atoms with van der Waals surface area (Å²) in [7, 11) is 0. The molecule has 0 aliphatic carbocycles. The largest absolute Gasteiger partial charge is 0.381 e. The molecule has 2 heteroatoms. The van der Waals surface area contributed by atoms with Crippen molar-refractivity contribution in [1.82, 2.24) is 0 Å². The molecule has 0 rings (SSSR count). The van der Waals surface area contributed by atoms with Gasteiger partial charge in [-0.05, 0) is 5.92 Å². The molecule has 0 spiro atoms. The number of carbonyl (C=O) groups excluding carboxylic acids is 1. The lowest BCUT2D eigenvalue weighted by atomic mass is 10.2. The number of ether oxygens (including phenoxy) is 1. The smallest absolute Gasteiger partial charge is 0.200 e. The Kier molecular flexibility index (Phi) is 5.52. The van der Waals surface area contributed by atoms with Crippen LogP contribution in [-0.2, 0) is 9.53 Å². The van der Waals surface area contributed by atoms with E-state index in [0.717, 1.165) is 6.61 Å². The second kappa shape index (κ2) is 5.76. The Labute approximate surface area is 56.2 Å². The molecule has 0 saturated carbocycles. The highest BCUT2D eigenvalue weighted by Gasteiger charge is 1.91. The van der Waals surface area contributed by atoms with Gasteiger partial charge in [-0.25, -0.2) is 0 Å². The van der Waals surface area contributed by atoms with Crippen molar-refractivity contribution < 1.29 is 9.53 Å². The first-order valence-corrected chi connectivity index (χ1v) is 3.20. The summed E-state index contributed by atoms with van der Waals surface area (Å²) >= 11 is 0. The van der Waals surface area contributed by atoms with Gasteiger partial charge in [-0.1, -0.05) is 13.8 Å². The first-order valence-electron chi connectivity index (χ1n) is 3.20. The SMILES string of the molecule is CC(C)COCC[C]=O. The Morgan fingerprint density at radius 1 is 1.56 bits per heavy atom. The lowest BCUT2D eigenvalue weighted by molar-refractivity contribution is 0.116. The van der Waals surface area contributed by atoms with Crippen LogP contribution in [0.3, 0.4) is 0 Å². The summed E-state index contributed by atoms with van der Waals surface area (Å²) < 4.78 is 5.07. The average Bonchev–Trinajstić information content (AvgIpc) is 1.80. The van der Waals surface area contributed by atoms with Gasteiger partial charge in [0.1, 0.15) is 0 Å². The minimum absolute atomic E-state index is 0.396. The summed E-state index contributed by atoms with van der Waals surface area (Å²) in [5.74, 6) is 0.552. The number of hydrogen-bond donors (Lipinski definition) is 0. The second-order valence-corrected chi connectivity index (χ2v) is 2.36. The van der Waals surface area contributed by atoms with E-state index in [1.165, 1.54) is 0 Å². The van der Waals surface area contributed by atoms with Crippen molar-refractivity contribution in [2.45, 2.75) is 20.3 Å². The molecule has 0 fully saturated rings. The van der Waals surface area contributed by atoms with Crippen LogP contribution in [0.15, 0.2) is 0 Å². The van der Waals surface area contributed by atoms with Crippen LogP contribution in [-0.4, -0.2) is 19.5 Å². The van der Waals surface area contributed by atoms with Gasteiger partial charge < -0.3 is 4.74 Å². The molecule has 0 unspecified atom stereocenters. The first kappa shape index (κ1) is 8.63. The lowest BCUT2D eigenvalue weighted by Crippen LogP contribution is -2.02. The van der Waals surface area contributed by atoms with E-state index in [9.17, 15) is 4.79 Å². The first-order chi connectivity index (χ1) is 4.27. The van der Waals surface area contributed by atoms with Gasteiger partial charge in [-0.15, -0.1) is 0 Å². The molecule has 0 aromatic heterocycles. The number of hydrogen-bond acceptors (Lipinski definition) is 2. The van der Waals surface area contributed by atoms with Gasteiger partial charge in [-0.3, -0.25) is 4.79 Å². The van der Waals surface area contributed by atoms with E-state index in [4.69, 9.17) is 4.74 Å². The highest BCUT2D eigenvalue weighted by Crippen LogP contribution is 1.91. The van der Waals surface area contributed by atoms with Crippen molar-refractivity contribution in [1.29, 1.82) is 0 Å². The fourth-order valence-corrected chi connectivity index (χ4v) is 0.433. The topological polar surface area (TPSA) is 26.3 Å². The van der Waals surface area contributed by atoms with Crippen molar-refractivity contribution in [2.24, 2.45) is 5.92 Å². The van der Waals surface area contributed by atoms with Gasteiger partial charge in [0, 0.05) is 13.0 Å². The summed E-state index contributed by atoms with van der Waals surface area (Å²) in [6.45, 7) is 5.40. The van der Waals surface area contributed by atoms with Crippen LogP contribution in [0, 0.1) is 5.92 Å². The van der Waals surface area contributed by atoms with Crippen LogP contribution in [0.1, 0.15) is 20.3 Å². The van der Waals surface area contributed by atoms with Gasteiger partial charge in [0.05, 0.1) is 6.61 Å². The minimum atomic E-state index is 0.396. The van der Waals surface area contributed by atoms with Crippen LogP contribution in [0.4, 0.5) is 0 Å². The predicted molar refractivity (Wildman–Crippen MR) is 36.0 cm³/mol.